The molecule has 0 amide bonds. The van der Waals surface area contributed by atoms with Crippen molar-refractivity contribution >= 4 is 32.2 Å². The number of fused-ring (bicyclic) bond motifs is 1. The predicted molar refractivity (Wildman–Crippen MR) is 145 cm³/mol. The van der Waals surface area contributed by atoms with Gasteiger partial charge in [0.1, 0.15) is 8.07 Å². The lowest BCUT2D eigenvalue weighted by molar-refractivity contribution is 0.579. The fourth-order valence-electron chi connectivity index (χ4n) is 4.06. The van der Waals surface area contributed by atoms with Crippen molar-refractivity contribution in [1.29, 1.82) is 0 Å². The number of nitrogens with zero attached hydrogens (tertiary/aromatic N) is 1. The average molecular weight is 450 g/mol. The number of hydrogen-bond acceptors (Lipinski definition) is 1. The Bertz CT molecular complexity index is 904. The summed E-state index contributed by atoms with van der Waals surface area (Å²) in [7, 11) is -3.30. The maximum Gasteiger partial charge on any atom is 0.124 e. The van der Waals surface area contributed by atoms with Crippen LogP contribution in [0, 0.1) is 11.8 Å². The molecular weight excluding hydrogens is 406 g/mol. The maximum atomic E-state index is 4.75. The van der Waals surface area contributed by atoms with Crippen LogP contribution in [0.5, 0.6) is 0 Å². The fourth-order valence-corrected chi connectivity index (χ4v) is 9.75. The van der Waals surface area contributed by atoms with Gasteiger partial charge in [-0.05, 0) is 22.9 Å². The molecule has 0 aliphatic rings. The maximum absolute atomic E-state index is 4.75. The number of hydrogen-bond donors (Lipinski definition) is 0. The van der Waals surface area contributed by atoms with E-state index in [1.54, 1.807) is 0 Å². The second-order valence-corrected chi connectivity index (χ2v) is 19.8. The van der Waals surface area contributed by atoms with E-state index in [1.807, 2.05) is 12.3 Å². The zero-order valence-electron chi connectivity index (χ0n) is 20.9. The molecule has 2 rings (SSSR count). The molecule has 31 heavy (non-hydrogen) atoms. The van der Waals surface area contributed by atoms with Gasteiger partial charge in [0.25, 0.3) is 0 Å². The molecule has 0 fully saturated rings. The molecule has 0 atom stereocenters. The van der Waals surface area contributed by atoms with Crippen LogP contribution < -0.4 is 5.19 Å². The molecule has 168 valence electrons. The first-order chi connectivity index (χ1) is 14.8. The zero-order chi connectivity index (χ0) is 22.7. The Morgan fingerprint density at radius 3 is 2.19 bits per heavy atom. The van der Waals surface area contributed by atoms with Crippen LogP contribution in [0.25, 0.3) is 10.9 Å². The van der Waals surface area contributed by atoms with Crippen molar-refractivity contribution < 1.29 is 0 Å². The lowest BCUT2D eigenvalue weighted by Gasteiger charge is -2.26. The van der Waals surface area contributed by atoms with E-state index in [1.165, 1.54) is 67.1 Å². The summed E-state index contributed by atoms with van der Waals surface area (Å²) < 4.78 is 0. The van der Waals surface area contributed by atoms with Crippen LogP contribution in [-0.4, -0.2) is 21.1 Å². The highest BCUT2D eigenvalue weighted by Gasteiger charge is 2.31. The molecule has 1 aromatic heterocycles. The standard InChI is InChI=1S/C28H43NSi2/c1-7-8-9-10-11-12-13-14-15-16-21-26(24-30(2,3)4)31(5,6)27-22-17-19-25-20-18-23-29-28(25)27/h17-20,22-24H,7-15H2,1-6H3/b26-24+. The quantitative estimate of drug-likeness (QED) is 0.192. The van der Waals surface area contributed by atoms with E-state index in [-0.39, 0.29) is 0 Å². The monoisotopic (exact) mass is 449 g/mol. The van der Waals surface area contributed by atoms with E-state index in [4.69, 9.17) is 4.98 Å². The van der Waals surface area contributed by atoms with Gasteiger partial charge < -0.3 is 0 Å². The summed E-state index contributed by atoms with van der Waals surface area (Å²) in [5.74, 6) is 7.24. The normalized spacial score (nSPS) is 12.6. The fraction of sp³-hybridized carbons (Fsp3) is 0.536. The van der Waals surface area contributed by atoms with Crippen molar-refractivity contribution in [1.82, 2.24) is 4.98 Å². The molecule has 1 aromatic carbocycles. The second-order valence-electron chi connectivity index (χ2n) is 10.5. The highest BCUT2D eigenvalue weighted by Crippen LogP contribution is 2.22. The third-order valence-corrected chi connectivity index (χ3v) is 10.7. The molecule has 0 aliphatic carbocycles. The first-order valence-corrected chi connectivity index (χ1v) is 18.9. The van der Waals surface area contributed by atoms with Crippen LogP contribution in [0.2, 0.25) is 32.7 Å². The number of unbranched alkanes of at least 4 members (excludes halogenated alkanes) is 8. The van der Waals surface area contributed by atoms with Crippen LogP contribution >= 0.6 is 0 Å². The summed E-state index contributed by atoms with van der Waals surface area (Å²) in [6.45, 7) is 14.4. The van der Waals surface area contributed by atoms with E-state index in [9.17, 15) is 0 Å². The number of pyridine rings is 1. The van der Waals surface area contributed by atoms with E-state index < -0.39 is 16.1 Å². The summed E-state index contributed by atoms with van der Waals surface area (Å²) in [5, 5.41) is 4.06. The van der Waals surface area contributed by atoms with Crippen molar-refractivity contribution in [2.75, 3.05) is 0 Å². The number of rotatable bonds is 11. The SMILES string of the molecule is CCCCCCCCCCC#C/C(=C\[Si](C)(C)C)[Si](C)(C)c1cccc2cccnc12. The van der Waals surface area contributed by atoms with Gasteiger partial charge in [0.2, 0.25) is 0 Å². The van der Waals surface area contributed by atoms with Gasteiger partial charge in [-0.2, -0.15) is 0 Å². The molecule has 1 nitrogen and oxygen atoms in total. The number of allylic oxidation sites excluding steroid dienone is 1. The minimum atomic E-state index is -1.92. The van der Waals surface area contributed by atoms with E-state index in [0.29, 0.717) is 0 Å². The van der Waals surface area contributed by atoms with Crippen molar-refractivity contribution in [2.45, 2.75) is 97.4 Å². The van der Waals surface area contributed by atoms with Crippen molar-refractivity contribution in [3.63, 3.8) is 0 Å². The number of para-hydroxylation sites is 1. The van der Waals surface area contributed by atoms with Gasteiger partial charge in [0, 0.05) is 18.0 Å². The predicted octanol–water partition coefficient (Wildman–Crippen LogP) is 8.03. The summed E-state index contributed by atoms with van der Waals surface area (Å²) in [6.07, 6.45) is 13.8. The number of aromatic nitrogens is 1. The van der Waals surface area contributed by atoms with E-state index >= 15 is 0 Å². The van der Waals surface area contributed by atoms with Crippen LogP contribution in [0.15, 0.2) is 47.4 Å². The largest absolute Gasteiger partial charge is 0.256 e. The first kappa shape index (κ1) is 25.6. The summed E-state index contributed by atoms with van der Waals surface area (Å²) in [4.78, 5) is 4.75. The average Bonchev–Trinajstić information content (AvgIpc) is 2.73. The summed E-state index contributed by atoms with van der Waals surface area (Å²) >= 11 is 0. The van der Waals surface area contributed by atoms with Gasteiger partial charge in [-0.1, -0.05) is 126 Å². The third kappa shape index (κ3) is 8.43. The molecule has 0 N–H and O–H groups in total. The van der Waals surface area contributed by atoms with Crippen LogP contribution in [0.1, 0.15) is 64.7 Å². The summed E-state index contributed by atoms with van der Waals surface area (Å²) in [5.41, 5.74) is 3.72. The Morgan fingerprint density at radius 1 is 0.871 bits per heavy atom. The minimum absolute atomic E-state index is 1.02. The summed E-state index contributed by atoms with van der Waals surface area (Å²) in [6, 6.07) is 10.9. The van der Waals surface area contributed by atoms with Gasteiger partial charge in [0.15, 0.2) is 0 Å². The van der Waals surface area contributed by atoms with Gasteiger partial charge in [-0.25, -0.2) is 0 Å². The van der Waals surface area contributed by atoms with Gasteiger partial charge in [0.05, 0.1) is 13.6 Å². The van der Waals surface area contributed by atoms with Crippen molar-refractivity contribution in [3.05, 3.63) is 47.4 Å². The van der Waals surface area contributed by atoms with E-state index in [2.05, 4.69) is 81.5 Å². The Hall–Kier alpha value is -1.64. The molecule has 3 heteroatoms. The van der Waals surface area contributed by atoms with Gasteiger partial charge in [-0.15, -0.1) is 0 Å². The molecule has 0 saturated carbocycles. The molecule has 1 heterocycles. The third-order valence-electron chi connectivity index (χ3n) is 5.94. The lowest BCUT2D eigenvalue weighted by atomic mass is 10.1. The minimum Gasteiger partial charge on any atom is -0.256 e. The van der Waals surface area contributed by atoms with Crippen LogP contribution in [0.3, 0.4) is 0 Å². The Labute approximate surface area is 193 Å². The molecular formula is C28H43NSi2. The number of benzene rings is 1. The Morgan fingerprint density at radius 2 is 1.52 bits per heavy atom. The lowest BCUT2D eigenvalue weighted by Crippen LogP contribution is -2.45. The second kappa shape index (κ2) is 12.4. The smallest absolute Gasteiger partial charge is 0.124 e. The Balaban J connectivity index is 2.11. The zero-order valence-corrected chi connectivity index (χ0v) is 22.9. The highest BCUT2D eigenvalue weighted by molar-refractivity contribution is 6.99. The molecule has 0 bridgehead atoms. The van der Waals surface area contributed by atoms with Gasteiger partial charge in [-0.3, -0.25) is 4.98 Å². The topological polar surface area (TPSA) is 12.9 Å². The van der Waals surface area contributed by atoms with E-state index in [0.717, 1.165) is 11.9 Å². The molecule has 2 aromatic rings. The van der Waals surface area contributed by atoms with Gasteiger partial charge >= 0.3 is 0 Å². The Kier molecular flexibility index (Phi) is 10.3. The highest BCUT2D eigenvalue weighted by atomic mass is 28.3. The van der Waals surface area contributed by atoms with Crippen molar-refractivity contribution in [2.24, 2.45) is 0 Å². The molecule has 0 radical (unpaired) electrons. The molecule has 0 aliphatic heterocycles. The van der Waals surface area contributed by atoms with Crippen LogP contribution in [-0.2, 0) is 0 Å². The first-order valence-electron chi connectivity index (χ1n) is 12.3. The van der Waals surface area contributed by atoms with Crippen molar-refractivity contribution in [3.8, 4) is 11.8 Å². The molecule has 0 saturated heterocycles. The van der Waals surface area contributed by atoms with Crippen LogP contribution in [0.4, 0.5) is 0 Å². The molecule has 0 spiro atoms. The molecule has 0 unspecified atom stereocenters.